The van der Waals surface area contributed by atoms with Crippen molar-refractivity contribution in [1.29, 1.82) is 0 Å². The SMILES string of the molecule is CN(CC(C)(CO)CO)C(=O)c1ccc(-c2ccccc2)n1C. The first-order valence-electron chi connectivity index (χ1n) is 7.60. The quantitative estimate of drug-likeness (QED) is 0.853. The summed E-state index contributed by atoms with van der Waals surface area (Å²) in [5.41, 5.74) is 1.88. The lowest BCUT2D eigenvalue weighted by Gasteiger charge is -2.30. The molecule has 0 aliphatic rings. The van der Waals surface area contributed by atoms with Crippen LogP contribution >= 0.6 is 0 Å². The summed E-state index contributed by atoms with van der Waals surface area (Å²) < 4.78 is 1.86. The minimum absolute atomic E-state index is 0.136. The Kier molecular flexibility index (Phi) is 5.23. The Morgan fingerprint density at radius 1 is 1.13 bits per heavy atom. The van der Waals surface area contributed by atoms with Crippen LogP contribution in [0.25, 0.3) is 11.3 Å². The number of aliphatic hydroxyl groups is 2. The molecule has 5 heteroatoms. The number of carbonyl (C=O) groups is 1. The van der Waals surface area contributed by atoms with Crippen LogP contribution in [0.2, 0.25) is 0 Å². The molecule has 23 heavy (non-hydrogen) atoms. The number of nitrogens with zero attached hydrogens (tertiary/aromatic N) is 2. The average Bonchev–Trinajstić information content (AvgIpc) is 2.96. The summed E-state index contributed by atoms with van der Waals surface area (Å²) in [7, 11) is 3.54. The molecule has 0 atom stereocenters. The molecule has 0 saturated heterocycles. The molecule has 0 aliphatic carbocycles. The van der Waals surface area contributed by atoms with Crippen molar-refractivity contribution in [2.75, 3.05) is 26.8 Å². The summed E-state index contributed by atoms with van der Waals surface area (Å²) in [6.45, 7) is 1.68. The number of aromatic nitrogens is 1. The van der Waals surface area contributed by atoms with Gasteiger partial charge in [0.2, 0.25) is 0 Å². The van der Waals surface area contributed by atoms with E-state index in [1.807, 2.05) is 48.0 Å². The van der Waals surface area contributed by atoms with E-state index in [0.717, 1.165) is 11.3 Å². The Hall–Kier alpha value is -2.11. The predicted molar refractivity (Wildman–Crippen MR) is 90.1 cm³/mol. The third kappa shape index (κ3) is 3.63. The van der Waals surface area contributed by atoms with Gasteiger partial charge < -0.3 is 19.7 Å². The third-order valence-corrected chi connectivity index (χ3v) is 4.14. The molecule has 1 amide bonds. The first kappa shape index (κ1) is 17.2. The second kappa shape index (κ2) is 6.98. The van der Waals surface area contributed by atoms with E-state index in [0.29, 0.717) is 5.69 Å². The molecule has 2 N–H and O–H groups in total. The van der Waals surface area contributed by atoms with Crippen LogP contribution in [0.15, 0.2) is 42.5 Å². The molecule has 1 heterocycles. The number of rotatable bonds is 6. The highest BCUT2D eigenvalue weighted by Crippen LogP contribution is 2.23. The lowest BCUT2D eigenvalue weighted by molar-refractivity contribution is 0.0362. The summed E-state index contributed by atoms with van der Waals surface area (Å²) >= 11 is 0. The number of benzene rings is 1. The van der Waals surface area contributed by atoms with E-state index in [4.69, 9.17) is 0 Å². The molecule has 1 aromatic heterocycles. The van der Waals surface area contributed by atoms with Crippen molar-refractivity contribution in [2.24, 2.45) is 12.5 Å². The Morgan fingerprint density at radius 3 is 2.30 bits per heavy atom. The van der Waals surface area contributed by atoms with Gasteiger partial charge in [-0.25, -0.2) is 0 Å². The maximum Gasteiger partial charge on any atom is 0.270 e. The lowest BCUT2D eigenvalue weighted by Crippen LogP contribution is -2.42. The summed E-state index contributed by atoms with van der Waals surface area (Å²) in [6, 6.07) is 13.6. The molecule has 2 rings (SSSR count). The van der Waals surface area contributed by atoms with Crippen LogP contribution in [-0.2, 0) is 7.05 Å². The molecule has 0 saturated carbocycles. The topological polar surface area (TPSA) is 65.7 Å². The van der Waals surface area contributed by atoms with Crippen molar-refractivity contribution < 1.29 is 15.0 Å². The summed E-state index contributed by atoms with van der Waals surface area (Å²) in [5, 5.41) is 18.8. The molecular formula is C18H24N2O3. The Labute approximate surface area is 136 Å². The highest BCUT2D eigenvalue weighted by atomic mass is 16.3. The summed E-state index contributed by atoms with van der Waals surface area (Å²) in [5.74, 6) is -0.136. The molecule has 0 unspecified atom stereocenters. The van der Waals surface area contributed by atoms with Crippen molar-refractivity contribution >= 4 is 5.91 Å². The van der Waals surface area contributed by atoms with Gasteiger partial charge in [-0.05, 0) is 17.7 Å². The maximum atomic E-state index is 12.7. The average molecular weight is 316 g/mol. The first-order valence-corrected chi connectivity index (χ1v) is 7.60. The van der Waals surface area contributed by atoms with Gasteiger partial charge in [0, 0.05) is 31.7 Å². The molecule has 0 bridgehead atoms. The standard InChI is InChI=1S/C18H24N2O3/c1-18(12-21,13-22)11-19(2)17(23)16-10-9-15(20(16)3)14-7-5-4-6-8-14/h4-10,21-22H,11-13H2,1-3H3. The molecule has 1 aromatic carbocycles. The van der Waals surface area contributed by atoms with E-state index in [1.165, 1.54) is 4.90 Å². The molecular weight excluding hydrogens is 292 g/mol. The zero-order valence-corrected chi connectivity index (χ0v) is 13.9. The maximum absolute atomic E-state index is 12.7. The van der Waals surface area contributed by atoms with Gasteiger partial charge in [-0.1, -0.05) is 37.3 Å². The highest BCUT2D eigenvalue weighted by molar-refractivity contribution is 5.93. The van der Waals surface area contributed by atoms with Gasteiger partial charge in [0.1, 0.15) is 5.69 Å². The molecule has 124 valence electrons. The molecule has 0 radical (unpaired) electrons. The molecule has 2 aromatic rings. The van der Waals surface area contributed by atoms with Crippen molar-refractivity contribution in [2.45, 2.75) is 6.92 Å². The van der Waals surface area contributed by atoms with E-state index in [2.05, 4.69) is 0 Å². The van der Waals surface area contributed by atoms with Gasteiger partial charge in [-0.15, -0.1) is 0 Å². The second-order valence-electron chi connectivity index (χ2n) is 6.32. The second-order valence-corrected chi connectivity index (χ2v) is 6.32. The van der Waals surface area contributed by atoms with Crippen LogP contribution in [0.3, 0.4) is 0 Å². The van der Waals surface area contributed by atoms with Crippen LogP contribution in [0.1, 0.15) is 17.4 Å². The van der Waals surface area contributed by atoms with Crippen molar-refractivity contribution in [3.05, 3.63) is 48.2 Å². The zero-order chi connectivity index (χ0) is 17.0. The largest absolute Gasteiger partial charge is 0.396 e. The minimum atomic E-state index is -0.710. The fraction of sp³-hybridized carbons (Fsp3) is 0.389. The third-order valence-electron chi connectivity index (χ3n) is 4.14. The smallest absolute Gasteiger partial charge is 0.270 e. The molecule has 0 spiro atoms. The van der Waals surface area contributed by atoms with E-state index in [-0.39, 0.29) is 25.7 Å². The van der Waals surface area contributed by atoms with E-state index < -0.39 is 5.41 Å². The van der Waals surface area contributed by atoms with Crippen molar-refractivity contribution in [1.82, 2.24) is 9.47 Å². The summed E-state index contributed by atoms with van der Waals surface area (Å²) in [4.78, 5) is 14.2. The van der Waals surface area contributed by atoms with Gasteiger partial charge >= 0.3 is 0 Å². The number of hydrogen-bond acceptors (Lipinski definition) is 3. The van der Waals surface area contributed by atoms with Crippen LogP contribution < -0.4 is 0 Å². The van der Waals surface area contributed by atoms with Gasteiger partial charge in [0.25, 0.3) is 5.91 Å². The van der Waals surface area contributed by atoms with E-state index in [9.17, 15) is 15.0 Å². The Balaban J connectivity index is 2.22. The lowest BCUT2D eigenvalue weighted by atomic mass is 9.92. The van der Waals surface area contributed by atoms with E-state index in [1.54, 1.807) is 20.0 Å². The highest BCUT2D eigenvalue weighted by Gasteiger charge is 2.28. The monoisotopic (exact) mass is 316 g/mol. The number of carbonyl (C=O) groups excluding carboxylic acids is 1. The van der Waals surface area contributed by atoms with Gasteiger partial charge in [0.05, 0.1) is 13.2 Å². The number of hydrogen-bond donors (Lipinski definition) is 2. The fourth-order valence-corrected chi connectivity index (χ4v) is 2.61. The first-order chi connectivity index (χ1) is 10.9. The van der Waals surface area contributed by atoms with Gasteiger partial charge in [0.15, 0.2) is 0 Å². The van der Waals surface area contributed by atoms with Crippen molar-refractivity contribution in [3.63, 3.8) is 0 Å². The van der Waals surface area contributed by atoms with Crippen LogP contribution in [0, 0.1) is 5.41 Å². The van der Waals surface area contributed by atoms with E-state index >= 15 is 0 Å². The van der Waals surface area contributed by atoms with Crippen LogP contribution in [0.5, 0.6) is 0 Å². The minimum Gasteiger partial charge on any atom is -0.396 e. The Bertz CT molecular complexity index is 660. The molecule has 0 aliphatic heterocycles. The number of aliphatic hydroxyl groups excluding tert-OH is 2. The molecule has 5 nitrogen and oxygen atoms in total. The van der Waals surface area contributed by atoms with Crippen LogP contribution in [-0.4, -0.2) is 52.4 Å². The number of amides is 1. The van der Waals surface area contributed by atoms with Crippen molar-refractivity contribution in [3.8, 4) is 11.3 Å². The van der Waals surface area contributed by atoms with Gasteiger partial charge in [-0.2, -0.15) is 0 Å². The normalized spacial score (nSPS) is 11.5. The summed E-state index contributed by atoms with van der Waals surface area (Å²) in [6.07, 6.45) is 0. The van der Waals surface area contributed by atoms with Crippen LogP contribution in [0.4, 0.5) is 0 Å². The van der Waals surface area contributed by atoms with Gasteiger partial charge in [-0.3, -0.25) is 4.79 Å². The predicted octanol–water partition coefficient (Wildman–Crippen LogP) is 1.75. The molecule has 0 fully saturated rings. The Morgan fingerprint density at radius 2 is 1.74 bits per heavy atom. The fourth-order valence-electron chi connectivity index (χ4n) is 2.61. The zero-order valence-electron chi connectivity index (χ0n) is 13.9.